The lowest BCUT2D eigenvalue weighted by molar-refractivity contribution is 0.0461. The lowest BCUT2D eigenvalue weighted by Crippen LogP contribution is -2.12. The minimum Gasteiger partial charge on any atom is -0.456 e. The second-order valence-corrected chi connectivity index (χ2v) is 4.69. The van der Waals surface area contributed by atoms with Gasteiger partial charge in [-0.15, -0.1) is 0 Å². The lowest BCUT2D eigenvalue weighted by atomic mass is 10.2. The largest absolute Gasteiger partial charge is 0.456 e. The van der Waals surface area contributed by atoms with E-state index in [9.17, 15) is 9.18 Å². The fraction of sp³-hybridized carbons (Fsp3) is 0.231. The van der Waals surface area contributed by atoms with Gasteiger partial charge in [-0.2, -0.15) is 5.10 Å². The Labute approximate surface area is 120 Å². The molecule has 106 valence electrons. The van der Waals surface area contributed by atoms with Crippen molar-refractivity contribution in [2.75, 3.05) is 5.73 Å². The number of hydrogen-bond acceptors (Lipinski definition) is 4. The first kappa shape index (κ1) is 14.3. The van der Waals surface area contributed by atoms with Crippen LogP contribution in [0.25, 0.3) is 0 Å². The van der Waals surface area contributed by atoms with Gasteiger partial charge in [0.15, 0.2) is 5.69 Å². The first-order valence-electron chi connectivity index (χ1n) is 5.80. The molecule has 5 nitrogen and oxygen atoms in total. The van der Waals surface area contributed by atoms with Crippen molar-refractivity contribution in [1.82, 2.24) is 9.78 Å². The average molecular weight is 298 g/mol. The summed E-state index contributed by atoms with van der Waals surface area (Å²) in [6.07, 6.45) is 0. The summed E-state index contributed by atoms with van der Waals surface area (Å²) in [5.41, 5.74) is 7.12. The van der Waals surface area contributed by atoms with E-state index < -0.39 is 11.8 Å². The number of ether oxygens (including phenoxy) is 1. The second-order valence-electron chi connectivity index (χ2n) is 4.28. The van der Waals surface area contributed by atoms with Gasteiger partial charge in [0.1, 0.15) is 12.4 Å². The Morgan fingerprint density at radius 1 is 1.55 bits per heavy atom. The van der Waals surface area contributed by atoms with Crippen LogP contribution >= 0.6 is 11.6 Å². The van der Waals surface area contributed by atoms with Crippen LogP contribution in [0.15, 0.2) is 18.2 Å². The molecule has 2 N–H and O–H groups in total. The third-order valence-corrected chi connectivity index (χ3v) is 3.20. The summed E-state index contributed by atoms with van der Waals surface area (Å²) < 4.78 is 19.5. The van der Waals surface area contributed by atoms with E-state index in [4.69, 9.17) is 22.1 Å². The van der Waals surface area contributed by atoms with Gasteiger partial charge in [0, 0.05) is 17.6 Å². The van der Waals surface area contributed by atoms with Crippen molar-refractivity contribution < 1.29 is 13.9 Å². The molecule has 20 heavy (non-hydrogen) atoms. The summed E-state index contributed by atoms with van der Waals surface area (Å²) in [4.78, 5) is 12.0. The van der Waals surface area contributed by atoms with E-state index in [2.05, 4.69) is 5.10 Å². The number of esters is 1. The normalized spacial score (nSPS) is 10.6. The number of anilines is 1. The van der Waals surface area contributed by atoms with E-state index in [1.807, 2.05) is 0 Å². The SMILES string of the molecule is Cc1nn(C)c(C(=O)OCc2cc(F)ccc2Cl)c1N. The molecule has 0 aliphatic heterocycles. The standard InChI is InChI=1S/C13H13ClFN3O2/c1-7-11(16)12(18(2)17-7)13(19)20-6-8-5-9(15)3-4-10(8)14/h3-5H,6,16H2,1-2H3. The van der Waals surface area contributed by atoms with Gasteiger partial charge in [-0.1, -0.05) is 11.6 Å². The molecule has 0 unspecified atom stereocenters. The third kappa shape index (κ3) is 2.75. The average Bonchev–Trinajstić information content (AvgIpc) is 2.64. The minimum absolute atomic E-state index is 0.140. The quantitative estimate of drug-likeness (QED) is 0.884. The number of carbonyl (C=O) groups is 1. The van der Waals surface area contributed by atoms with Gasteiger partial charge in [-0.25, -0.2) is 9.18 Å². The molecule has 0 fully saturated rings. The fourth-order valence-corrected chi connectivity index (χ4v) is 1.95. The Morgan fingerprint density at radius 3 is 2.85 bits per heavy atom. The smallest absolute Gasteiger partial charge is 0.359 e. The Balaban J connectivity index is 2.15. The zero-order chi connectivity index (χ0) is 14.9. The van der Waals surface area contributed by atoms with Gasteiger partial charge in [0.25, 0.3) is 0 Å². The molecular formula is C13H13ClFN3O2. The Hall–Kier alpha value is -2.08. The molecule has 0 spiro atoms. The molecule has 0 bridgehead atoms. The van der Waals surface area contributed by atoms with Crippen LogP contribution in [0.3, 0.4) is 0 Å². The van der Waals surface area contributed by atoms with Gasteiger partial charge in [-0.3, -0.25) is 4.68 Å². The number of halogens is 2. The van der Waals surface area contributed by atoms with Crippen molar-refractivity contribution in [2.24, 2.45) is 7.05 Å². The highest BCUT2D eigenvalue weighted by Crippen LogP contribution is 2.20. The van der Waals surface area contributed by atoms with Gasteiger partial charge in [0.05, 0.1) is 11.4 Å². The Kier molecular flexibility index (Phi) is 3.94. The predicted molar refractivity (Wildman–Crippen MR) is 72.9 cm³/mol. The van der Waals surface area contributed by atoms with Crippen molar-refractivity contribution >= 4 is 23.3 Å². The molecule has 0 aliphatic rings. The molecule has 7 heteroatoms. The highest BCUT2D eigenvalue weighted by molar-refractivity contribution is 6.31. The number of benzene rings is 1. The van der Waals surface area contributed by atoms with Crippen molar-refractivity contribution in [1.29, 1.82) is 0 Å². The maximum atomic E-state index is 13.1. The molecule has 1 heterocycles. The zero-order valence-corrected chi connectivity index (χ0v) is 11.7. The Bertz CT molecular complexity index is 670. The van der Waals surface area contributed by atoms with E-state index in [0.29, 0.717) is 16.3 Å². The van der Waals surface area contributed by atoms with Gasteiger partial charge >= 0.3 is 5.97 Å². The van der Waals surface area contributed by atoms with Crippen LogP contribution in [0.4, 0.5) is 10.1 Å². The maximum absolute atomic E-state index is 13.1. The van der Waals surface area contributed by atoms with Crippen molar-refractivity contribution in [3.63, 3.8) is 0 Å². The van der Waals surface area contributed by atoms with Crippen molar-refractivity contribution in [3.05, 3.63) is 46.0 Å². The second kappa shape index (κ2) is 5.50. The van der Waals surface area contributed by atoms with E-state index in [-0.39, 0.29) is 18.0 Å². The molecule has 0 saturated carbocycles. The van der Waals surface area contributed by atoms with E-state index in [0.717, 1.165) is 0 Å². The van der Waals surface area contributed by atoms with Gasteiger partial charge < -0.3 is 10.5 Å². The molecule has 0 atom stereocenters. The molecule has 0 radical (unpaired) electrons. The van der Waals surface area contributed by atoms with E-state index >= 15 is 0 Å². The van der Waals surface area contributed by atoms with E-state index in [1.165, 1.54) is 22.9 Å². The Morgan fingerprint density at radius 2 is 2.25 bits per heavy atom. The van der Waals surface area contributed by atoms with Crippen LogP contribution in [0.2, 0.25) is 5.02 Å². The van der Waals surface area contributed by atoms with Crippen LogP contribution in [-0.2, 0) is 18.4 Å². The third-order valence-electron chi connectivity index (χ3n) is 2.83. The van der Waals surface area contributed by atoms with Crippen LogP contribution in [0, 0.1) is 12.7 Å². The number of nitrogens with zero attached hydrogens (tertiary/aromatic N) is 2. The monoisotopic (exact) mass is 297 g/mol. The van der Waals surface area contributed by atoms with Crippen LogP contribution < -0.4 is 5.73 Å². The molecule has 0 aliphatic carbocycles. The number of aryl methyl sites for hydroxylation is 2. The molecule has 0 saturated heterocycles. The van der Waals surface area contributed by atoms with Crippen LogP contribution in [0.5, 0.6) is 0 Å². The van der Waals surface area contributed by atoms with Gasteiger partial charge in [0.2, 0.25) is 0 Å². The summed E-state index contributed by atoms with van der Waals surface area (Å²) in [6.45, 7) is 1.55. The summed E-state index contributed by atoms with van der Waals surface area (Å²) in [5.74, 6) is -1.08. The lowest BCUT2D eigenvalue weighted by Gasteiger charge is -2.07. The molecular weight excluding hydrogens is 285 g/mol. The topological polar surface area (TPSA) is 70.1 Å². The summed E-state index contributed by atoms with van der Waals surface area (Å²) >= 11 is 5.89. The predicted octanol–water partition coefficient (Wildman–Crippen LogP) is 2.46. The number of nitrogen functional groups attached to an aromatic ring is 1. The van der Waals surface area contributed by atoms with Crippen molar-refractivity contribution in [3.8, 4) is 0 Å². The summed E-state index contributed by atoms with van der Waals surface area (Å²) in [6, 6.07) is 3.85. The molecule has 2 aromatic rings. The minimum atomic E-state index is -0.633. The first-order valence-corrected chi connectivity index (χ1v) is 6.18. The number of carbonyl (C=O) groups excluding carboxylic acids is 1. The molecule has 1 aromatic carbocycles. The highest BCUT2D eigenvalue weighted by atomic mass is 35.5. The molecule has 1 aromatic heterocycles. The highest BCUT2D eigenvalue weighted by Gasteiger charge is 2.19. The summed E-state index contributed by atoms with van der Waals surface area (Å²) in [5, 5.41) is 4.35. The molecule has 0 amide bonds. The zero-order valence-electron chi connectivity index (χ0n) is 11.0. The maximum Gasteiger partial charge on any atom is 0.359 e. The fourth-order valence-electron chi connectivity index (χ4n) is 1.78. The number of rotatable bonds is 3. The van der Waals surface area contributed by atoms with E-state index in [1.54, 1.807) is 14.0 Å². The molecule has 2 rings (SSSR count). The number of aromatic nitrogens is 2. The van der Waals surface area contributed by atoms with Crippen LogP contribution in [-0.4, -0.2) is 15.7 Å². The first-order chi connectivity index (χ1) is 9.40. The summed E-state index contributed by atoms with van der Waals surface area (Å²) in [7, 11) is 1.59. The van der Waals surface area contributed by atoms with Crippen molar-refractivity contribution in [2.45, 2.75) is 13.5 Å². The van der Waals surface area contributed by atoms with Gasteiger partial charge in [-0.05, 0) is 25.1 Å². The number of nitrogens with two attached hydrogens (primary N) is 1. The van der Waals surface area contributed by atoms with Crippen LogP contribution in [0.1, 0.15) is 21.7 Å². The number of hydrogen-bond donors (Lipinski definition) is 1.